The zero-order valence-corrected chi connectivity index (χ0v) is 11.6. The molecule has 1 heterocycles. The van der Waals surface area contributed by atoms with Crippen LogP contribution >= 0.6 is 11.8 Å². The molecule has 0 aliphatic carbocycles. The molecule has 1 aromatic carbocycles. The fraction of sp³-hybridized carbons (Fsp3) is 0.200. The Morgan fingerprint density at radius 1 is 1.15 bits per heavy atom. The van der Waals surface area contributed by atoms with E-state index in [1.165, 1.54) is 0 Å². The molecule has 0 bridgehead atoms. The van der Waals surface area contributed by atoms with Gasteiger partial charge in [0.25, 0.3) is 0 Å². The molecule has 2 aromatic rings. The van der Waals surface area contributed by atoms with Gasteiger partial charge in [0.1, 0.15) is 12.4 Å². The number of hydrogen-bond donors (Lipinski definition) is 1. The van der Waals surface area contributed by atoms with Crippen LogP contribution in [0.4, 0.5) is 0 Å². The molecule has 0 unspecified atom stereocenters. The summed E-state index contributed by atoms with van der Waals surface area (Å²) in [6, 6.07) is 9.26. The number of aliphatic hydroxyl groups is 1. The Morgan fingerprint density at radius 2 is 1.90 bits per heavy atom. The average Bonchev–Trinajstić information content (AvgIpc) is 2.52. The Labute approximate surface area is 122 Å². The maximum absolute atomic E-state index is 8.61. The van der Waals surface area contributed by atoms with E-state index in [9.17, 15) is 0 Å². The summed E-state index contributed by atoms with van der Waals surface area (Å²) in [6.45, 7) is 0.460. The third-order valence-electron chi connectivity index (χ3n) is 2.29. The Hall–Kier alpha value is -2.03. The second-order valence-electron chi connectivity index (χ2n) is 3.71. The van der Waals surface area contributed by atoms with Crippen molar-refractivity contribution in [1.82, 2.24) is 9.97 Å². The first-order chi connectivity index (χ1) is 9.88. The molecule has 0 saturated heterocycles. The van der Waals surface area contributed by atoms with E-state index >= 15 is 0 Å². The van der Waals surface area contributed by atoms with Gasteiger partial charge in [-0.25, -0.2) is 9.97 Å². The molecule has 0 radical (unpaired) electrons. The molecule has 1 aromatic heterocycles. The van der Waals surface area contributed by atoms with Crippen LogP contribution in [0.1, 0.15) is 5.56 Å². The van der Waals surface area contributed by atoms with E-state index in [4.69, 9.17) is 9.84 Å². The van der Waals surface area contributed by atoms with Gasteiger partial charge in [-0.05, 0) is 30.3 Å². The van der Waals surface area contributed by atoms with Gasteiger partial charge in [0.05, 0.1) is 6.61 Å². The summed E-state index contributed by atoms with van der Waals surface area (Å²) in [7, 11) is 0. The highest BCUT2D eigenvalue weighted by Crippen LogP contribution is 2.14. The van der Waals surface area contributed by atoms with Crippen LogP contribution in [0.2, 0.25) is 0 Å². The van der Waals surface area contributed by atoms with Gasteiger partial charge in [-0.3, -0.25) is 0 Å². The molecule has 0 aliphatic heterocycles. The highest BCUT2D eigenvalue weighted by atomic mass is 32.2. The first-order valence-corrected chi connectivity index (χ1v) is 7.09. The van der Waals surface area contributed by atoms with Crippen LogP contribution in [0.3, 0.4) is 0 Å². The Balaban J connectivity index is 1.74. The maximum atomic E-state index is 8.61. The lowest BCUT2D eigenvalue weighted by atomic mass is 10.2. The Morgan fingerprint density at radius 3 is 2.60 bits per heavy atom. The smallest absolute Gasteiger partial charge is 0.187 e. The van der Waals surface area contributed by atoms with Crippen LogP contribution in [0.5, 0.6) is 5.75 Å². The van der Waals surface area contributed by atoms with Crippen molar-refractivity contribution in [3.8, 4) is 17.6 Å². The summed E-state index contributed by atoms with van der Waals surface area (Å²) in [5.41, 5.74) is 0.860. The topological polar surface area (TPSA) is 55.2 Å². The third-order valence-corrected chi connectivity index (χ3v) is 3.13. The Bertz CT molecular complexity index is 576. The first-order valence-electron chi connectivity index (χ1n) is 6.11. The molecular formula is C15H14N2O2S. The normalized spacial score (nSPS) is 9.65. The summed E-state index contributed by atoms with van der Waals surface area (Å²) < 4.78 is 5.61. The number of nitrogens with zero attached hydrogens (tertiary/aromatic N) is 2. The zero-order valence-electron chi connectivity index (χ0n) is 10.8. The van der Waals surface area contributed by atoms with Gasteiger partial charge in [-0.1, -0.05) is 23.6 Å². The standard InChI is InChI=1S/C15H14N2O2S/c18-10-1-3-13-4-6-14(7-5-13)19-11-12-20-15-16-8-2-9-17-15/h2,4-9,18H,10-12H2. The number of aliphatic hydroxyl groups excluding tert-OH is 1. The van der Waals surface area contributed by atoms with E-state index < -0.39 is 0 Å². The van der Waals surface area contributed by atoms with Crippen molar-refractivity contribution in [2.45, 2.75) is 5.16 Å². The quantitative estimate of drug-likeness (QED) is 0.394. The van der Waals surface area contributed by atoms with Crippen molar-refractivity contribution >= 4 is 11.8 Å². The van der Waals surface area contributed by atoms with Gasteiger partial charge < -0.3 is 9.84 Å². The van der Waals surface area contributed by atoms with E-state index in [-0.39, 0.29) is 6.61 Å². The molecule has 1 N–H and O–H groups in total. The van der Waals surface area contributed by atoms with Crippen LogP contribution in [0.15, 0.2) is 47.9 Å². The summed E-state index contributed by atoms with van der Waals surface area (Å²) in [4.78, 5) is 8.25. The molecule has 0 atom stereocenters. The molecule has 20 heavy (non-hydrogen) atoms. The van der Waals surface area contributed by atoms with E-state index in [0.717, 1.165) is 22.2 Å². The zero-order chi connectivity index (χ0) is 14.0. The molecule has 102 valence electrons. The number of benzene rings is 1. The molecule has 0 spiro atoms. The monoisotopic (exact) mass is 286 g/mol. The van der Waals surface area contributed by atoms with Crippen LogP contribution in [0.25, 0.3) is 0 Å². The van der Waals surface area contributed by atoms with Crippen molar-refractivity contribution in [3.05, 3.63) is 48.3 Å². The minimum absolute atomic E-state index is 0.128. The second kappa shape index (κ2) is 8.20. The fourth-order valence-corrected chi connectivity index (χ4v) is 2.05. The molecular weight excluding hydrogens is 272 g/mol. The summed E-state index contributed by atoms with van der Waals surface area (Å²) in [6.07, 6.45) is 3.45. The minimum atomic E-state index is -0.128. The predicted molar refractivity (Wildman–Crippen MR) is 78.7 cm³/mol. The van der Waals surface area contributed by atoms with Gasteiger partial charge >= 0.3 is 0 Å². The van der Waals surface area contributed by atoms with E-state index in [1.807, 2.05) is 24.3 Å². The first kappa shape index (κ1) is 14.4. The number of thioether (sulfide) groups is 1. The summed E-state index contributed by atoms with van der Waals surface area (Å²) in [5, 5.41) is 9.36. The van der Waals surface area contributed by atoms with Crippen LogP contribution in [-0.2, 0) is 0 Å². The van der Waals surface area contributed by atoms with Crippen molar-refractivity contribution in [3.63, 3.8) is 0 Å². The lowest BCUT2D eigenvalue weighted by Gasteiger charge is -2.05. The van der Waals surface area contributed by atoms with Gasteiger partial charge in [0.15, 0.2) is 5.16 Å². The van der Waals surface area contributed by atoms with Gasteiger partial charge in [-0.15, -0.1) is 0 Å². The lowest BCUT2D eigenvalue weighted by molar-refractivity contribution is 0.344. The maximum Gasteiger partial charge on any atom is 0.187 e. The molecule has 0 fully saturated rings. The van der Waals surface area contributed by atoms with Crippen LogP contribution in [-0.4, -0.2) is 34.0 Å². The SMILES string of the molecule is OCC#Cc1ccc(OCCSc2ncccn2)cc1. The van der Waals surface area contributed by atoms with Gasteiger partial charge in [0, 0.05) is 23.7 Å². The van der Waals surface area contributed by atoms with Crippen molar-refractivity contribution in [1.29, 1.82) is 0 Å². The van der Waals surface area contributed by atoms with Crippen LogP contribution in [0, 0.1) is 11.8 Å². The molecule has 4 nitrogen and oxygen atoms in total. The third kappa shape index (κ3) is 4.92. The van der Waals surface area contributed by atoms with Crippen molar-refractivity contribution in [2.24, 2.45) is 0 Å². The molecule has 2 rings (SSSR count). The van der Waals surface area contributed by atoms with E-state index in [2.05, 4.69) is 21.8 Å². The summed E-state index contributed by atoms with van der Waals surface area (Å²) >= 11 is 1.56. The van der Waals surface area contributed by atoms with Gasteiger partial charge in [-0.2, -0.15) is 0 Å². The number of ether oxygens (including phenoxy) is 1. The predicted octanol–water partition coefficient (Wildman–Crippen LogP) is 1.99. The Kier molecular flexibility index (Phi) is 5.90. The van der Waals surface area contributed by atoms with Crippen molar-refractivity contribution in [2.75, 3.05) is 19.0 Å². The number of hydrogen-bond acceptors (Lipinski definition) is 5. The second-order valence-corrected chi connectivity index (χ2v) is 4.77. The summed E-state index contributed by atoms with van der Waals surface area (Å²) in [5.74, 6) is 7.02. The minimum Gasteiger partial charge on any atom is -0.493 e. The van der Waals surface area contributed by atoms with E-state index in [1.54, 1.807) is 30.2 Å². The lowest BCUT2D eigenvalue weighted by Crippen LogP contribution is -2.00. The molecule has 0 saturated carbocycles. The molecule has 0 aliphatic rings. The van der Waals surface area contributed by atoms with Gasteiger partial charge in [0.2, 0.25) is 0 Å². The highest BCUT2D eigenvalue weighted by Gasteiger charge is 1.97. The van der Waals surface area contributed by atoms with E-state index in [0.29, 0.717) is 6.61 Å². The van der Waals surface area contributed by atoms with Crippen molar-refractivity contribution < 1.29 is 9.84 Å². The fourth-order valence-electron chi connectivity index (χ4n) is 1.43. The average molecular weight is 286 g/mol. The highest BCUT2D eigenvalue weighted by molar-refractivity contribution is 7.99. The van der Waals surface area contributed by atoms with Crippen LogP contribution < -0.4 is 4.74 Å². The molecule has 5 heteroatoms. The number of aromatic nitrogens is 2. The largest absolute Gasteiger partial charge is 0.493 e. The molecule has 0 amide bonds. The number of rotatable bonds is 5.